The molecule has 0 saturated heterocycles. The number of aromatic nitrogens is 2. The Morgan fingerprint density at radius 1 is 1.23 bits per heavy atom. The number of hydrogen-bond acceptors (Lipinski definition) is 3. The molecule has 0 aliphatic heterocycles. The topological polar surface area (TPSA) is 54.9 Å². The van der Waals surface area contributed by atoms with E-state index in [9.17, 15) is 18.4 Å². The largest absolute Gasteiger partial charge is 0.329 e. The van der Waals surface area contributed by atoms with Crippen LogP contribution in [0.2, 0.25) is 0 Å². The van der Waals surface area contributed by atoms with Crippen molar-refractivity contribution in [2.75, 3.05) is 6.67 Å². The molecular weight excluding hydrogens is 310 g/mol. The van der Waals surface area contributed by atoms with Crippen LogP contribution in [0.15, 0.2) is 33.9 Å². The summed E-state index contributed by atoms with van der Waals surface area (Å²) in [5.41, 5.74) is 0.178. The Hall–Kier alpha value is -2.28. The summed E-state index contributed by atoms with van der Waals surface area (Å²) in [6, 6.07) is 5.77. The fourth-order valence-corrected chi connectivity index (χ4v) is 3.54. The second kappa shape index (κ2) is 5.49. The van der Waals surface area contributed by atoms with Gasteiger partial charge in [0.25, 0.3) is 5.56 Å². The van der Waals surface area contributed by atoms with E-state index >= 15 is 0 Å². The highest BCUT2D eigenvalue weighted by Crippen LogP contribution is 2.35. The van der Waals surface area contributed by atoms with Crippen molar-refractivity contribution in [2.45, 2.75) is 13.5 Å². The molecule has 0 bridgehead atoms. The van der Waals surface area contributed by atoms with Gasteiger partial charge in [-0.1, -0.05) is 12.1 Å². The average molecular weight is 322 g/mol. The van der Waals surface area contributed by atoms with Crippen molar-refractivity contribution in [1.82, 2.24) is 9.55 Å². The Balaban J connectivity index is 2.38. The fourth-order valence-electron chi connectivity index (χ4n) is 2.48. The van der Waals surface area contributed by atoms with Crippen molar-refractivity contribution in [3.8, 4) is 11.1 Å². The quantitative estimate of drug-likeness (QED) is 0.806. The van der Waals surface area contributed by atoms with E-state index in [1.807, 2.05) is 6.92 Å². The summed E-state index contributed by atoms with van der Waals surface area (Å²) in [5, 5.41) is 0.335. The van der Waals surface area contributed by atoms with Gasteiger partial charge in [-0.25, -0.2) is 13.6 Å². The molecule has 7 heteroatoms. The molecule has 0 fully saturated rings. The van der Waals surface area contributed by atoms with Crippen molar-refractivity contribution < 1.29 is 8.78 Å². The molecule has 2 aromatic heterocycles. The van der Waals surface area contributed by atoms with Crippen molar-refractivity contribution in [2.24, 2.45) is 0 Å². The van der Waals surface area contributed by atoms with Gasteiger partial charge in [-0.15, -0.1) is 11.3 Å². The van der Waals surface area contributed by atoms with Crippen LogP contribution in [-0.2, 0) is 6.54 Å². The lowest BCUT2D eigenvalue weighted by atomic mass is 10.0. The Labute approximate surface area is 127 Å². The molecular formula is C15H12F2N2O2S. The number of benzene rings is 1. The summed E-state index contributed by atoms with van der Waals surface area (Å²) in [6.45, 7) is 0.728. The zero-order valence-electron chi connectivity index (χ0n) is 11.7. The summed E-state index contributed by atoms with van der Waals surface area (Å²) in [5.74, 6) is -0.371. The monoisotopic (exact) mass is 322 g/mol. The van der Waals surface area contributed by atoms with Crippen molar-refractivity contribution in [1.29, 1.82) is 0 Å². The molecule has 0 radical (unpaired) electrons. The van der Waals surface area contributed by atoms with Crippen LogP contribution >= 0.6 is 11.3 Å². The zero-order chi connectivity index (χ0) is 15.9. The third-order valence-corrected chi connectivity index (χ3v) is 4.47. The van der Waals surface area contributed by atoms with Crippen molar-refractivity contribution >= 4 is 21.6 Å². The van der Waals surface area contributed by atoms with E-state index in [2.05, 4.69) is 4.98 Å². The molecule has 22 heavy (non-hydrogen) atoms. The first kappa shape index (κ1) is 14.6. The van der Waals surface area contributed by atoms with Gasteiger partial charge in [0.2, 0.25) is 0 Å². The fraction of sp³-hybridized carbons (Fsp3) is 0.200. The number of nitrogens with one attached hydrogen (secondary N) is 1. The Morgan fingerprint density at radius 2 is 1.91 bits per heavy atom. The molecule has 0 spiro atoms. The Kier molecular flexibility index (Phi) is 3.66. The predicted octanol–water partition coefficient (Wildman–Crippen LogP) is 2.84. The van der Waals surface area contributed by atoms with E-state index in [-0.39, 0.29) is 12.4 Å². The van der Waals surface area contributed by atoms with Gasteiger partial charge in [0, 0.05) is 10.4 Å². The molecule has 2 heterocycles. The van der Waals surface area contributed by atoms with Crippen molar-refractivity contribution in [3.05, 3.63) is 55.8 Å². The first-order chi connectivity index (χ1) is 10.5. The third kappa shape index (κ3) is 2.27. The number of H-pyrrole nitrogens is 1. The van der Waals surface area contributed by atoms with Gasteiger partial charge < -0.3 is 0 Å². The molecule has 0 aliphatic rings. The minimum atomic E-state index is -0.802. The highest BCUT2D eigenvalue weighted by molar-refractivity contribution is 7.19. The maximum absolute atomic E-state index is 13.1. The van der Waals surface area contributed by atoms with Crippen LogP contribution < -0.4 is 11.2 Å². The van der Waals surface area contributed by atoms with E-state index in [4.69, 9.17) is 0 Å². The van der Waals surface area contributed by atoms with Crippen LogP contribution in [0.5, 0.6) is 0 Å². The first-order valence-electron chi connectivity index (χ1n) is 6.61. The molecule has 0 atom stereocenters. The molecule has 0 unspecified atom stereocenters. The zero-order valence-corrected chi connectivity index (χ0v) is 12.5. The molecule has 3 rings (SSSR count). The van der Waals surface area contributed by atoms with Gasteiger partial charge in [-0.05, 0) is 24.6 Å². The highest BCUT2D eigenvalue weighted by Gasteiger charge is 2.18. The summed E-state index contributed by atoms with van der Waals surface area (Å²) in [7, 11) is 0. The number of aryl methyl sites for hydroxylation is 1. The summed E-state index contributed by atoms with van der Waals surface area (Å²) in [6.07, 6.45) is 0. The third-order valence-electron chi connectivity index (χ3n) is 3.45. The van der Waals surface area contributed by atoms with Crippen LogP contribution in [-0.4, -0.2) is 16.2 Å². The maximum atomic E-state index is 13.1. The minimum absolute atomic E-state index is 0.290. The predicted molar refractivity (Wildman–Crippen MR) is 82.8 cm³/mol. The molecule has 1 N–H and O–H groups in total. The number of nitrogens with zero attached hydrogens (tertiary/aromatic N) is 1. The lowest BCUT2D eigenvalue weighted by Crippen LogP contribution is -2.35. The number of halogens is 2. The van der Waals surface area contributed by atoms with Gasteiger partial charge in [0.1, 0.15) is 17.3 Å². The Morgan fingerprint density at radius 3 is 2.55 bits per heavy atom. The van der Waals surface area contributed by atoms with Crippen LogP contribution in [0.25, 0.3) is 21.3 Å². The summed E-state index contributed by atoms with van der Waals surface area (Å²) >= 11 is 1.28. The minimum Gasteiger partial charge on any atom is -0.298 e. The van der Waals surface area contributed by atoms with E-state index < -0.39 is 17.9 Å². The van der Waals surface area contributed by atoms with Gasteiger partial charge in [-0.2, -0.15) is 0 Å². The molecule has 114 valence electrons. The molecule has 0 saturated carbocycles. The first-order valence-corrected chi connectivity index (χ1v) is 7.42. The Bertz CT molecular complexity index is 955. The molecule has 1 aromatic carbocycles. The van der Waals surface area contributed by atoms with E-state index in [0.717, 1.165) is 9.44 Å². The number of fused-ring (bicyclic) bond motifs is 1. The standard InChI is InChI=1S/C15H12F2N2O2S/c1-8-11(9-2-4-10(17)5-3-9)12-13(22-8)18-15(21)19(7-6-16)14(12)20/h2-5H,6-7H2,1H3,(H,18,21). The van der Waals surface area contributed by atoms with Gasteiger partial charge in [0.15, 0.2) is 0 Å². The SMILES string of the molecule is Cc1sc2[nH]c(=O)n(CCF)c(=O)c2c1-c1ccc(F)cc1. The summed E-state index contributed by atoms with van der Waals surface area (Å²) < 4.78 is 26.5. The van der Waals surface area contributed by atoms with E-state index in [1.54, 1.807) is 12.1 Å². The number of rotatable bonds is 3. The van der Waals surface area contributed by atoms with E-state index in [0.29, 0.717) is 21.3 Å². The van der Waals surface area contributed by atoms with Crippen LogP contribution in [0.3, 0.4) is 0 Å². The van der Waals surface area contributed by atoms with Crippen molar-refractivity contribution in [3.63, 3.8) is 0 Å². The normalized spacial score (nSPS) is 11.2. The van der Waals surface area contributed by atoms with Gasteiger partial charge >= 0.3 is 5.69 Å². The second-order valence-corrected chi connectivity index (χ2v) is 6.04. The molecule has 0 aliphatic carbocycles. The molecule has 4 nitrogen and oxygen atoms in total. The molecule has 3 aromatic rings. The molecule has 0 amide bonds. The smallest absolute Gasteiger partial charge is 0.298 e. The highest BCUT2D eigenvalue weighted by atomic mass is 32.1. The van der Waals surface area contributed by atoms with Crippen LogP contribution in [0.1, 0.15) is 4.88 Å². The number of thiophene rings is 1. The lowest BCUT2D eigenvalue weighted by Gasteiger charge is -2.04. The number of aromatic amines is 1. The average Bonchev–Trinajstić information content (AvgIpc) is 2.80. The van der Waals surface area contributed by atoms with Crippen LogP contribution in [0, 0.1) is 12.7 Å². The summed E-state index contributed by atoms with van der Waals surface area (Å²) in [4.78, 5) is 28.2. The van der Waals surface area contributed by atoms with Gasteiger partial charge in [-0.3, -0.25) is 14.3 Å². The number of alkyl halides is 1. The van der Waals surface area contributed by atoms with E-state index in [1.165, 1.54) is 23.5 Å². The van der Waals surface area contributed by atoms with Gasteiger partial charge in [0.05, 0.1) is 11.9 Å². The number of hydrogen-bond donors (Lipinski definition) is 1. The maximum Gasteiger partial charge on any atom is 0.329 e. The van der Waals surface area contributed by atoms with Crippen LogP contribution in [0.4, 0.5) is 8.78 Å². The lowest BCUT2D eigenvalue weighted by molar-refractivity contribution is 0.434. The second-order valence-electron chi connectivity index (χ2n) is 4.82.